The molecular formula is C18H18F3N3O3S. The van der Waals surface area contributed by atoms with E-state index in [4.69, 9.17) is 4.74 Å². The van der Waals surface area contributed by atoms with E-state index >= 15 is 0 Å². The van der Waals surface area contributed by atoms with Gasteiger partial charge in [0, 0.05) is 11.3 Å². The summed E-state index contributed by atoms with van der Waals surface area (Å²) in [6.45, 7) is 1.44. The number of fused-ring (bicyclic) bond motifs is 2. The summed E-state index contributed by atoms with van der Waals surface area (Å²) < 4.78 is 45.8. The lowest BCUT2D eigenvalue weighted by Gasteiger charge is -2.15. The summed E-state index contributed by atoms with van der Waals surface area (Å²) >= 11 is 1.51. The SMILES string of the molecule is Cc1c(NC(=O)Cn2nc(C(F)(F)F)c3c2OCCC3=O)sc2c1CCCC2. The third-order valence-corrected chi connectivity index (χ3v) is 6.31. The number of amides is 1. The molecule has 4 rings (SSSR count). The van der Waals surface area contributed by atoms with E-state index in [0.717, 1.165) is 35.9 Å². The van der Waals surface area contributed by atoms with Crippen molar-refractivity contribution in [3.8, 4) is 5.88 Å². The predicted octanol–water partition coefficient (Wildman–Crippen LogP) is 3.75. The van der Waals surface area contributed by atoms with Crippen molar-refractivity contribution in [2.24, 2.45) is 0 Å². The van der Waals surface area contributed by atoms with Crippen LogP contribution in [0.25, 0.3) is 0 Å². The molecule has 1 amide bonds. The molecule has 1 aliphatic carbocycles. The molecule has 0 atom stereocenters. The van der Waals surface area contributed by atoms with E-state index in [-0.39, 0.29) is 18.9 Å². The van der Waals surface area contributed by atoms with Crippen molar-refractivity contribution >= 4 is 28.0 Å². The molecule has 150 valence electrons. The number of hydrogen-bond donors (Lipinski definition) is 1. The quantitative estimate of drug-likeness (QED) is 0.832. The van der Waals surface area contributed by atoms with Gasteiger partial charge in [-0.25, -0.2) is 4.68 Å². The first kappa shape index (κ1) is 19.0. The van der Waals surface area contributed by atoms with Crippen LogP contribution in [0.1, 0.15) is 51.3 Å². The van der Waals surface area contributed by atoms with Gasteiger partial charge in [0.1, 0.15) is 12.1 Å². The minimum atomic E-state index is -4.80. The Labute approximate surface area is 162 Å². The highest BCUT2D eigenvalue weighted by molar-refractivity contribution is 7.16. The van der Waals surface area contributed by atoms with Crippen molar-refractivity contribution in [1.82, 2.24) is 9.78 Å². The number of alkyl halides is 3. The largest absolute Gasteiger partial charge is 0.477 e. The summed E-state index contributed by atoms with van der Waals surface area (Å²) in [4.78, 5) is 25.7. The topological polar surface area (TPSA) is 73.2 Å². The number of carbonyl (C=O) groups excluding carboxylic acids is 2. The Morgan fingerprint density at radius 2 is 2.04 bits per heavy atom. The molecule has 0 spiro atoms. The van der Waals surface area contributed by atoms with E-state index in [1.165, 1.54) is 21.8 Å². The number of ketones is 1. The van der Waals surface area contributed by atoms with Crippen LogP contribution >= 0.6 is 11.3 Å². The molecule has 2 aliphatic rings. The van der Waals surface area contributed by atoms with Gasteiger partial charge in [0.15, 0.2) is 11.5 Å². The van der Waals surface area contributed by atoms with Crippen LogP contribution in [0.2, 0.25) is 0 Å². The minimum absolute atomic E-state index is 0.0345. The van der Waals surface area contributed by atoms with E-state index in [1.54, 1.807) is 0 Å². The first-order valence-electron chi connectivity index (χ1n) is 9.00. The molecule has 0 bridgehead atoms. The van der Waals surface area contributed by atoms with Gasteiger partial charge in [-0.15, -0.1) is 11.3 Å². The average Bonchev–Trinajstić information content (AvgIpc) is 3.15. The molecule has 2 aromatic heterocycles. The van der Waals surface area contributed by atoms with Gasteiger partial charge in [-0.1, -0.05) is 0 Å². The highest BCUT2D eigenvalue weighted by Crippen LogP contribution is 2.39. The van der Waals surface area contributed by atoms with Gasteiger partial charge in [-0.3, -0.25) is 9.59 Å². The van der Waals surface area contributed by atoms with Crippen LogP contribution in [0.15, 0.2) is 0 Å². The van der Waals surface area contributed by atoms with E-state index in [9.17, 15) is 22.8 Å². The van der Waals surface area contributed by atoms with Crippen LogP contribution in [0.3, 0.4) is 0 Å². The number of halogens is 3. The first-order valence-corrected chi connectivity index (χ1v) is 9.82. The van der Waals surface area contributed by atoms with Crippen LogP contribution in [-0.4, -0.2) is 28.1 Å². The number of ether oxygens (including phenoxy) is 1. The Bertz CT molecular complexity index is 962. The maximum atomic E-state index is 13.2. The third kappa shape index (κ3) is 3.30. The molecule has 0 fully saturated rings. The van der Waals surface area contributed by atoms with Crippen molar-refractivity contribution in [3.05, 3.63) is 27.3 Å². The Morgan fingerprint density at radius 1 is 1.29 bits per heavy atom. The van der Waals surface area contributed by atoms with E-state index < -0.39 is 35.7 Å². The molecule has 0 radical (unpaired) electrons. The van der Waals surface area contributed by atoms with Crippen LogP contribution < -0.4 is 10.1 Å². The summed E-state index contributed by atoms with van der Waals surface area (Å²) in [5, 5.41) is 6.96. The number of aryl methyl sites for hydroxylation is 1. The van der Waals surface area contributed by atoms with Crippen molar-refractivity contribution in [3.63, 3.8) is 0 Å². The molecule has 0 saturated carbocycles. The van der Waals surface area contributed by atoms with Gasteiger partial charge in [0.2, 0.25) is 11.8 Å². The molecular weight excluding hydrogens is 395 g/mol. The van der Waals surface area contributed by atoms with Crippen LogP contribution in [-0.2, 0) is 30.4 Å². The number of anilines is 1. The predicted molar refractivity (Wildman–Crippen MR) is 96.0 cm³/mol. The van der Waals surface area contributed by atoms with Crippen molar-refractivity contribution in [2.45, 2.75) is 51.7 Å². The maximum Gasteiger partial charge on any atom is 0.436 e. The number of thiophene rings is 1. The van der Waals surface area contributed by atoms with Gasteiger partial charge in [-0.05, 0) is 43.7 Å². The molecule has 1 aliphatic heterocycles. The number of carbonyl (C=O) groups is 2. The van der Waals surface area contributed by atoms with Crippen molar-refractivity contribution < 1.29 is 27.5 Å². The molecule has 10 heteroatoms. The average molecular weight is 413 g/mol. The van der Waals surface area contributed by atoms with Gasteiger partial charge in [0.25, 0.3) is 0 Å². The molecule has 1 N–H and O–H groups in total. The summed E-state index contributed by atoms with van der Waals surface area (Å²) in [6.07, 6.45) is -0.757. The third-order valence-electron chi connectivity index (χ3n) is 5.00. The van der Waals surface area contributed by atoms with Crippen molar-refractivity contribution in [2.75, 3.05) is 11.9 Å². The summed E-state index contributed by atoms with van der Waals surface area (Å²) in [7, 11) is 0. The fourth-order valence-electron chi connectivity index (χ4n) is 3.66. The van der Waals surface area contributed by atoms with E-state index in [2.05, 4.69) is 10.4 Å². The molecule has 0 unspecified atom stereocenters. The van der Waals surface area contributed by atoms with Gasteiger partial charge in [-0.2, -0.15) is 18.3 Å². The number of hydrogen-bond acceptors (Lipinski definition) is 5. The highest BCUT2D eigenvalue weighted by Gasteiger charge is 2.43. The maximum absolute atomic E-state index is 13.2. The summed E-state index contributed by atoms with van der Waals surface area (Å²) in [5.74, 6) is -1.48. The zero-order valence-electron chi connectivity index (χ0n) is 15.1. The van der Waals surface area contributed by atoms with Crippen LogP contribution in [0, 0.1) is 6.92 Å². The Kier molecular flexibility index (Phi) is 4.68. The second-order valence-corrected chi connectivity index (χ2v) is 8.02. The normalized spacial score (nSPS) is 16.4. The Balaban J connectivity index is 1.59. The lowest BCUT2D eigenvalue weighted by Crippen LogP contribution is -2.22. The van der Waals surface area contributed by atoms with Crippen LogP contribution in [0.5, 0.6) is 5.88 Å². The van der Waals surface area contributed by atoms with Gasteiger partial charge in [0.05, 0.1) is 11.6 Å². The summed E-state index contributed by atoms with van der Waals surface area (Å²) in [6, 6.07) is 0. The fraction of sp³-hybridized carbons (Fsp3) is 0.500. The minimum Gasteiger partial charge on any atom is -0.477 e. The van der Waals surface area contributed by atoms with Crippen LogP contribution in [0.4, 0.5) is 18.2 Å². The molecule has 3 heterocycles. The smallest absolute Gasteiger partial charge is 0.436 e. The Hall–Kier alpha value is -2.36. The number of aromatic nitrogens is 2. The second kappa shape index (κ2) is 6.91. The highest BCUT2D eigenvalue weighted by atomic mass is 32.1. The zero-order valence-corrected chi connectivity index (χ0v) is 15.9. The lowest BCUT2D eigenvalue weighted by molar-refractivity contribution is -0.142. The zero-order chi connectivity index (χ0) is 20.1. The molecule has 0 saturated heterocycles. The van der Waals surface area contributed by atoms with E-state index in [1.807, 2.05) is 6.92 Å². The standard InChI is InChI=1S/C18H18F3N3O3S/c1-9-10-4-2-3-5-12(10)28-16(9)22-13(26)8-24-17-14(11(25)6-7-27-17)15(23-24)18(19,20)21/h2-8H2,1H3,(H,22,26). The number of nitrogens with one attached hydrogen (secondary N) is 1. The second-order valence-electron chi connectivity index (χ2n) is 6.92. The molecule has 28 heavy (non-hydrogen) atoms. The molecule has 2 aromatic rings. The van der Waals surface area contributed by atoms with Crippen molar-refractivity contribution in [1.29, 1.82) is 0 Å². The number of nitrogens with zero attached hydrogens (tertiary/aromatic N) is 2. The van der Waals surface area contributed by atoms with Gasteiger partial charge >= 0.3 is 6.18 Å². The summed E-state index contributed by atoms with van der Waals surface area (Å²) in [5.41, 5.74) is 0.381. The molecule has 0 aromatic carbocycles. The first-order chi connectivity index (χ1) is 13.3. The Morgan fingerprint density at radius 3 is 2.75 bits per heavy atom. The monoisotopic (exact) mass is 413 g/mol. The lowest BCUT2D eigenvalue weighted by atomic mass is 9.96. The number of Topliss-reactive ketones (excluding diaryl/α,β-unsaturated/α-hetero) is 1. The van der Waals surface area contributed by atoms with E-state index in [0.29, 0.717) is 5.00 Å². The molecule has 6 nitrogen and oxygen atoms in total. The number of rotatable bonds is 3. The van der Waals surface area contributed by atoms with Gasteiger partial charge < -0.3 is 10.1 Å². The fourth-order valence-corrected chi connectivity index (χ4v) is 4.97.